The molecule has 0 aliphatic carbocycles. The number of methoxy groups -OCH3 is 1. The number of aliphatic hydroxyl groups excluding tert-OH is 1. The Bertz CT molecular complexity index is 582. The summed E-state index contributed by atoms with van der Waals surface area (Å²) in [6, 6.07) is 7.90. The van der Waals surface area contributed by atoms with Crippen molar-refractivity contribution in [3.8, 4) is 5.75 Å². The Morgan fingerprint density at radius 1 is 1.35 bits per heavy atom. The molecule has 6 nitrogen and oxygen atoms in total. The number of hydrogen-bond acceptors (Lipinski definition) is 5. The summed E-state index contributed by atoms with van der Waals surface area (Å²) in [7, 11) is 1.65. The molecule has 2 saturated heterocycles. The SMILES string of the molecule is COc1ccc(CCNC(=O)CN2CCC3(CC2)OCCC[C@H]3O)cc1. The second kappa shape index (κ2) is 8.84. The third kappa shape index (κ3) is 4.75. The van der Waals surface area contributed by atoms with Crippen molar-refractivity contribution in [2.45, 2.75) is 43.8 Å². The lowest BCUT2D eigenvalue weighted by atomic mass is 9.82. The van der Waals surface area contributed by atoms with Crippen molar-refractivity contribution in [2.75, 3.05) is 39.9 Å². The van der Waals surface area contributed by atoms with Gasteiger partial charge >= 0.3 is 0 Å². The molecule has 0 bridgehead atoms. The molecule has 3 rings (SSSR count). The van der Waals surface area contributed by atoms with Gasteiger partial charge in [0.05, 0.1) is 25.4 Å². The van der Waals surface area contributed by atoms with Gasteiger partial charge in [-0.05, 0) is 49.8 Å². The molecule has 2 aliphatic rings. The van der Waals surface area contributed by atoms with Crippen LogP contribution in [-0.2, 0) is 16.0 Å². The van der Waals surface area contributed by atoms with Crippen molar-refractivity contribution in [2.24, 2.45) is 0 Å². The zero-order valence-electron chi connectivity index (χ0n) is 15.6. The molecule has 6 heteroatoms. The van der Waals surface area contributed by atoms with Crippen LogP contribution < -0.4 is 10.1 Å². The molecule has 1 aromatic carbocycles. The van der Waals surface area contributed by atoms with Crippen LogP contribution in [0.4, 0.5) is 0 Å². The average Bonchev–Trinajstić information content (AvgIpc) is 2.67. The number of ether oxygens (including phenoxy) is 2. The number of carbonyl (C=O) groups excluding carboxylic acids is 1. The largest absolute Gasteiger partial charge is 0.497 e. The highest BCUT2D eigenvalue weighted by atomic mass is 16.5. The molecule has 0 saturated carbocycles. The smallest absolute Gasteiger partial charge is 0.234 e. The predicted molar refractivity (Wildman–Crippen MR) is 99.3 cm³/mol. The van der Waals surface area contributed by atoms with Gasteiger partial charge in [-0.25, -0.2) is 0 Å². The second-order valence-electron chi connectivity index (χ2n) is 7.30. The lowest BCUT2D eigenvalue weighted by Crippen LogP contribution is -2.56. The van der Waals surface area contributed by atoms with Gasteiger partial charge in [-0.15, -0.1) is 0 Å². The number of amides is 1. The number of nitrogens with one attached hydrogen (secondary N) is 1. The van der Waals surface area contributed by atoms with Crippen LogP contribution in [0.25, 0.3) is 0 Å². The molecule has 1 spiro atoms. The summed E-state index contributed by atoms with van der Waals surface area (Å²) in [6.45, 7) is 3.37. The Morgan fingerprint density at radius 3 is 2.73 bits per heavy atom. The molecule has 2 heterocycles. The Labute approximate surface area is 155 Å². The van der Waals surface area contributed by atoms with Crippen LogP contribution in [-0.4, -0.2) is 67.5 Å². The van der Waals surface area contributed by atoms with Crippen molar-refractivity contribution in [3.05, 3.63) is 29.8 Å². The molecule has 0 radical (unpaired) electrons. The van der Waals surface area contributed by atoms with E-state index in [1.165, 1.54) is 5.56 Å². The minimum absolute atomic E-state index is 0.0552. The summed E-state index contributed by atoms with van der Waals surface area (Å²) >= 11 is 0. The first-order valence-corrected chi connectivity index (χ1v) is 9.55. The molecule has 0 aromatic heterocycles. The maximum absolute atomic E-state index is 12.2. The first kappa shape index (κ1) is 19.1. The summed E-state index contributed by atoms with van der Waals surface area (Å²) in [5.74, 6) is 0.896. The molecule has 1 atom stereocenters. The van der Waals surface area contributed by atoms with Gasteiger partial charge in [-0.3, -0.25) is 9.69 Å². The van der Waals surface area contributed by atoms with E-state index in [0.29, 0.717) is 13.1 Å². The number of piperidine rings is 1. The molecule has 144 valence electrons. The van der Waals surface area contributed by atoms with Crippen LogP contribution in [0.3, 0.4) is 0 Å². The maximum Gasteiger partial charge on any atom is 0.234 e. The van der Waals surface area contributed by atoms with Gasteiger partial charge in [0.15, 0.2) is 0 Å². The van der Waals surface area contributed by atoms with Crippen LogP contribution in [0, 0.1) is 0 Å². The van der Waals surface area contributed by atoms with E-state index in [1.54, 1.807) is 7.11 Å². The van der Waals surface area contributed by atoms with Crippen molar-refractivity contribution in [3.63, 3.8) is 0 Å². The van der Waals surface area contributed by atoms with Gasteiger partial charge in [0.1, 0.15) is 5.75 Å². The fraction of sp³-hybridized carbons (Fsp3) is 0.650. The van der Waals surface area contributed by atoms with Crippen molar-refractivity contribution < 1.29 is 19.4 Å². The van der Waals surface area contributed by atoms with Gasteiger partial charge in [-0.1, -0.05) is 12.1 Å². The predicted octanol–water partition coefficient (Wildman–Crippen LogP) is 1.36. The molecule has 2 fully saturated rings. The molecular formula is C20H30N2O4. The Kier molecular flexibility index (Phi) is 6.51. The van der Waals surface area contributed by atoms with Gasteiger partial charge in [0.25, 0.3) is 0 Å². The van der Waals surface area contributed by atoms with E-state index in [9.17, 15) is 9.90 Å². The number of benzene rings is 1. The summed E-state index contributed by atoms with van der Waals surface area (Å²) in [5.41, 5.74) is 0.800. The van der Waals surface area contributed by atoms with E-state index >= 15 is 0 Å². The van der Waals surface area contributed by atoms with Crippen LogP contribution in [0.5, 0.6) is 5.75 Å². The molecule has 1 amide bonds. The zero-order valence-corrected chi connectivity index (χ0v) is 15.6. The number of aliphatic hydroxyl groups is 1. The van der Waals surface area contributed by atoms with Crippen LogP contribution in [0.2, 0.25) is 0 Å². The Morgan fingerprint density at radius 2 is 2.08 bits per heavy atom. The van der Waals surface area contributed by atoms with Crippen LogP contribution in [0.1, 0.15) is 31.2 Å². The lowest BCUT2D eigenvalue weighted by Gasteiger charge is -2.46. The highest BCUT2D eigenvalue weighted by Gasteiger charge is 2.43. The number of rotatable bonds is 6. The fourth-order valence-corrected chi connectivity index (χ4v) is 3.88. The molecule has 2 aliphatic heterocycles. The highest BCUT2D eigenvalue weighted by Crippen LogP contribution is 2.35. The first-order valence-electron chi connectivity index (χ1n) is 9.55. The van der Waals surface area contributed by atoms with Gasteiger partial charge < -0.3 is 19.9 Å². The summed E-state index contributed by atoms with van der Waals surface area (Å²) < 4.78 is 11.1. The minimum atomic E-state index is -0.375. The normalized spacial score (nSPS) is 22.9. The standard InChI is InChI=1S/C20H30N2O4/c1-25-17-6-4-16(5-7-17)8-11-21-19(24)15-22-12-9-20(10-13-22)18(23)3-2-14-26-20/h4-7,18,23H,2-3,8-15H2,1H3,(H,21,24)/t18-/m1/s1. The van der Waals surface area contributed by atoms with E-state index < -0.39 is 0 Å². The van der Waals surface area contributed by atoms with E-state index in [0.717, 1.165) is 57.6 Å². The molecule has 2 N–H and O–H groups in total. The quantitative estimate of drug-likeness (QED) is 0.800. The Balaban J connectivity index is 1.36. The average molecular weight is 362 g/mol. The van der Waals surface area contributed by atoms with E-state index in [-0.39, 0.29) is 17.6 Å². The van der Waals surface area contributed by atoms with Crippen molar-refractivity contribution in [1.29, 1.82) is 0 Å². The number of carbonyl (C=O) groups is 1. The maximum atomic E-state index is 12.2. The van der Waals surface area contributed by atoms with Gasteiger partial charge in [0, 0.05) is 26.2 Å². The third-order valence-corrected chi connectivity index (χ3v) is 5.58. The third-order valence-electron chi connectivity index (χ3n) is 5.58. The molecule has 0 unspecified atom stereocenters. The van der Waals surface area contributed by atoms with Gasteiger partial charge in [-0.2, -0.15) is 0 Å². The van der Waals surface area contributed by atoms with E-state index in [4.69, 9.17) is 9.47 Å². The number of nitrogens with zero attached hydrogens (tertiary/aromatic N) is 1. The van der Waals surface area contributed by atoms with Crippen LogP contribution >= 0.6 is 0 Å². The van der Waals surface area contributed by atoms with Crippen molar-refractivity contribution >= 4 is 5.91 Å². The molecule has 1 aromatic rings. The highest BCUT2D eigenvalue weighted by molar-refractivity contribution is 5.78. The van der Waals surface area contributed by atoms with Crippen LogP contribution in [0.15, 0.2) is 24.3 Å². The second-order valence-corrected chi connectivity index (χ2v) is 7.30. The van der Waals surface area contributed by atoms with E-state index in [1.807, 2.05) is 24.3 Å². The monoisotopic (exact) mass is 362 g/mol. The number of likely N-dealkylation sites (tertiary alicyclic amines) is 1. The summed E-state index contributed by atoms with van der Waals surface area (Å²) in [5, 5.41) is 13.3. The Hall–Kier alpha value is -1.63. The van der Waals surface area contributed by atoms with Gasteiger partial charge in [0.2, 0.25) is 5.91 Å². The topological polar surface area (TPSA) is 71.0 Å². The summed E-state index contributed by atoms with van der Waals surface area (Å²) in [6.07, 6.45) is 3.80. The lowest BCUT2D eigenvalue weighted by molar-refractivity contribution is -0.177. The molecular weight excluding hydrogens is 332 g/mol. The summed E-state index contributed by atoms with van der Waals surface area (Å²) in [4.78, 5) is 14.3. The zero-order chi connectivity index (χ0) is 18.4. The number of hydrogen-bond donors (Lipinski definition) is 2. The first-order chi connectivity index (χ1) is 12.6. The minimum Gasteiger partial charge on any atom is -0.497 e. The molecule has 26 heavy (non-hydrogen) atoms. The van der Waals surface area contributed by atoms with Crippen molar-refractivity contribution in [1.82, 2.24) is 10.2 Å². The fourth-order valence-electron chi connectivity index (χ4n) is 3.88. The van der Waals surface area contributed by atoms with E-state index in [2.05, 4.69) is 10.2 Å².